The van der Waals surface area contributed by atoms with Crippen molar-refractivity contribution < 1.29 is 33.2 Å². The maximum atomic E-state index is 11.0. The van der Waals surface area contributed by atoms with E-state index in [1.54, 1.807) is 14.2 Å². The highest BCUT2D eigenvalue weighted by molar-refractivity contribution is 5.66. The molecule has 0 unspecified atom stereocenters. The molecule has 0 aromatic rings. The Labute approximate surface area is 371 Å². The lowest BCUT2D eigenvalue weighted by Crippen LogP contribution is -2.60. The lowest BCUT2D eigenvalue weighted by Gasteiger charge is -2.53. The van der Waals surface area contributed by atoms with Crippen LogP contribution in [0.5, 0.6) is 0 Å². The number of rotatable bonds is 11. The minimum absolute atomic E-state index is 0.0590. The summed E-state index contributed by atoms with van der Waals surface area (Å²) in [6.07, 6.45) is 10.6. The fraction of sp³-hybridized carbons (Fsp3) is 0.980. The summed E-state index contributed by atoms with van der Waals surface area (Å²) in [6.45, 7) is 40.6. The molecule has 358 valence electrons. The molecule has 11 heteroatoms. The van der Waals surface area contributed by atoms with E-state index in [4.69, 9.17) is 28.4 Å². The van der Waals surface area contributed by atoms with Crippen LogP contribution in [0.2, 0.25) is 0 Å². The number of piperidine rings is 4. The highest BCUT2D eigenvalue weighted by atomic mass is 16.5. The minimum atomic E-state index is -0.170. The number of ether oxygens (including phenoxy) is 6. The van der Waals surface area contributed by atoms with Gasteiger partial charge in [-0.25, -0.2) is 0 Å². The van der Waals surface area contributed by atoms with Gasteiger partial charge in [-0.15, -0.1) is 0 Å². The van der Waals surface area contributed by atoms with E-state index >= 15 is 0 Å². The maximum absolute atomic E-state index is 11.0. The van der Waals surface area contributed by atoms with E-state index in [0.29, 0.717) is 31.5 Å². The van der Waals surface area contributed by atoms with Crippen LogP contribution in [0.4, 0.5) is 0 Å². The first-order chi connectivity index (χ1) is 27.1. The Kier molecular flexibility index (Phi) is 21.7. The summed E-state index contributed by atoms with van der Waals surface area (Å²) in [6, 6.07) is 0. The molecule has 0 aliphatic carbocycles. The first-order valence-electron chi connectivity index (χ1n) is 23.0. The van der Waals surface area contributed by atoms with Gasteiger partial charge >= 0.3 is 5.97 Å². The number of carbonyl (C=O) groups is 1. The number of nitrogens with one attached hydrogen (secondary N) is 1. The second-order valence-corrected chi connectivity index (χ2v) is 23.5. The highest BCUT2D eigenvalue weighted by Crippen LogP contribution is 2.40. The Bertz CT molecular complexity index is 1190. The Hall–Kier alpha value is -0.890. The van der Waals surface area contributed by atoms with Crippen molar-refractivity contribution in [1.82, 2.24) is 20.0 Å². The van der Waals surface area contributed by atoms with Crippen molar-refractivity contribution in [2.75, 3.05) is 68.9 Å². The summed E-state index contributed by atoms with van der Waals surface area (Å²) in [5, 5.41) is 3.66. The Balaban J connectivity index is 0.000000401. The molecule has 0 radical (unpaired) electrons. The monoisotopic (exact) mass is 857 g/mol. The van der Waals surface area contributed by atoms with Crippen molar-refractivity contribution in [2.24, 2.45) is 0 Å². The smallest absolute Gasteiger partial charge is 0.302 e. The third kappa shape index (κ3) is 18.7. The van der Waals surface area contributed by atoms with Crippen molar-refractivity contribution in [1.29, 1.82) is 0 Å². The van der Waals surface area contributed by atoms with Crippen molar-refractivity contribution in [3.63, 3.8) is 0 Å². The lowest BCUT2D eigenvalue weighted by molar-refractivity contribution is -0.156. The van der Waals surface area contributed by atoms with E-state index in [1.165, 1.54) is 6.92 Å². The zero-order valence-corrected chi connectivity index (χ0v) is 43.7. The standard InChI is InChI=1S/2C13H27NO2.C12H23NO2.C11H23NO/c1-12(2)9-11(16-8-7-15-6)10-13(3,4)14(12)5;1-12(2)9-11(10-13(3,4)14-12)16-8-6-7-15-5;1-9(14)15-10-7-11(2,3)13(6)12(4,5)8-10;1-10(2)7-9(13-6)8-11(3,4)12(10)5/h11H,7-10H2,1-6H3;11,14H,6-10H2,1-5H3;10H,7-8H2,1-6H3;9H,7-8H2,1-6H3. The van der Waals surface area contributed by atoms with E-state index in [1.807, 2.05) is 7.11 Å². The van der Waals surface area contributed by atoms with Gasteiger partial charge < -0.3 is 33.7 Å². The molecule has 0 aromatic heterocycles. The van der Waals surface area contributed by atoms with E-state index in [-0.39, 0.29) is 56.4 Å². The quantitative estimate of drug-likeness (QED) is 0.159. The first-order valence-corrected chi connectivity index (χ1v) is 23.0. The number of hydrogen-bond acceptors (Lipinski definition) is 11. The lowest BCUT2D eigenvalue weighted by atomic mass is 9.79. The highest BCUT2D eigenvalue weighted by Gasteiger charge is 2.46. The molecule has 4 fully saturated rings. The molecular formula is C49H100N4O7. The van der Waals surface area contributed by atoms with Gasteiger partial charge in [0.25, 0.3) is 0 Å². The van der Waals surface area contributed by atoms with Crippen LogP contribution in [0.1, 0.15) is 175 Å². The molecule has 0 bridgehead atoms. The number of likely N-dealkylation sites (tertiary alicyclic amines) is 3. The third-order valence-electron chi connectivity index (χ3n) is 14.1. The van der Waals surface area contributed by atoms with Crippen LogP contribution < -0.4 is 5.32 Å². The summed E-state index contributed by atoms with van der Waals surface area (Å²) in [5.74, 6) is -0.170. The predicted octanol–water partition coefficient (Wildman–Crippen LogP) is 9.13. The number of carbonyl (C=O) groups excluding carboxylic acids is 1. The molecule has 4 heterocycles. The van der Waals surface area contributed by atoms with Crippen LogP contribution in [0, 0.1) is 0 Å². The van der Waals surface area contributed by atoms with E-state index in [0.717, 1.165) is 71.0 Å². The SMILES string of the molecule is CC(=O)OC1CC(C)(C)N(C)C(C)(C)C1.COC1CC(C)(C)N(C)C(C)(C)C1.COCCCOC1CC(C)(C)NC(C)(C)C1.COCCOC1CC(C)(C)N(C)C(C)(C)C1. The van der Waals surface area contributed by atoms with Gasteiger partial charge in [0, 0.05) is 98.6 Å². The molecule has 4 aliphatic heterocycles. The molecule has 0 spiro atoms. The van der Waals surface area contributed by atoms with E-state index in [2.05, 4.69) is 152 Å². The van der Waals surface area contributed by atoms with Crippen molar-refractivity contribution in [3.05, 3.63) is 0 Å². The molecule has 0 saturated carbocycles. The van der Waals surface area contributed by atoms with Gasteiger partial charge in [0.2, 0.25) is 0 Å². The number of esters is 1. The van der Waals surface area contributed by atoms with Crippen LogP contribution in [0.3, 0.4) is 0 Å². The number of hydrogen-bond donors (Lipinski definition) is 1. The fourth-order valence-electron chi connectivity index (χ4n) is 10.5. The van der Waals surface area contributed by atoms with Gasteiger partial charge in [-0.1, -0.05) is 0 Å². The van der Waals surface area contributed by atoms with Crippen molar-refractivity contribution >= 4 is 5.97 Å². The van der Waals surface area contributed by atoms with Crippen LogP contribution in [0.15, 0.2) is 0 Å². The largest absolute Gasteiger partial charge is 0.462 e. The van der Waals surface area contributed by atoms with E-state index in [9.17, 15) is 4.79 Å². The van der Waals surface area contributed by atoms with Gasteiger partial charge in [0.1, 0.15) is 6.10 Å². The van der Waals surface area contributed by atoms with Gasteiger partial charge in [0.15, 0.2) is 0 Å². The summed E-state index contributed by atoms with van der Waals surface area (Å²) in [4.78, 5) is 18.3. The molecule has 4 saturated heterocycles. The maximum Gasteiger partial charge on any atom is 0.302 e. The first kappa shape index (κ1) is 57.1. The van der Waals surface area contributed by atoms with Crippen molar-refractivity contribution in [2.45, 2.75) is 244 Å². The Morgan fingerprint density at radius 2 is 0.783 bits per heavy atom. The molecule has 0 atom stereocenters. The van der Waals surface area contributed by atoms with Crippen LogP contribution in [0.25, 0.3) is 0 Å². The molecule has 60 heavy (non-hydrogen) atoms. The topological polar surface area (TPSA) is 94.2 Å². The molecule has 0 aromatic carbocycles. The van der Waals surface area contributed by atoms with Crippen molar-refractivity contribution in [3.8, 4) is 0 Å². The van der Waals surface area contributed by atoms with Gasteiger partial charge in [-0.2, -0.15) is 0 Å². The molecule has 0 amide bonds. The Morgan fingerprint density at radius 3 is 1.12 bits per heavy atom. The van der Waals surface area contributed by atoms with E-state index < -0.39 is 0 Å². The summed E-state index contributed by atoms with van der Waals surface area (Å²) in [7, 11) is 11.8. The second-order valence-electron chi connectivity index (χ2n) is 23.5. The van der Waals surface area contributed by atoms with Crippen LogP contribution >= 0.6 is 0 Å². The second kappa shape index (κ2) is 22.8. The molecule has 11 nitrogen and oxygen atoms in total. The summed E-state index contributed by atoms with van der Waals surface area (Å²) >= 11 is 0. The average Bonchev–Trinajstić information content (AvgIpc) is 3.05. The molecule has 4 aliphatic rings. The summed E-state index contributed by atoms with van der Waals surface area (Å²) in [5.41, 5.74) is 1.44. The summed E-state index contributed by atoms with van der Waals surface area (Å²) < 4.78 is 32.7. The molecule has 4 rings (SSSR count). The predicted molar refractivity (Wildman–Crippen MR) is 250 cm³/mol. The number of methoxy groups -OCH3 is 3. The van der Waals surface area contributed by atoms with Gasteiger partial charge in [-0.05, 0) is 177 Å². The van der Waals surface area contributed by atoms with Crippen LogP contribution in [-0.4, -0.2) is 158 Å². The zero-order valence-electron chi connectivity index (χ0n) is 43.7. The molecular weight excluding hydrogens is 757 g/mol. The molecule has 1 N–H and O–H groups in total. The third-order valence-corrected chi connectivity index (χ3v) is 14.1. The van der Waals surface area contributed by atoms with Crippen LogP contribution in [-0.2, 0) is 33.2 Å². The average molecular weight is 857 g/mol. The number of nitrogens with zero attached hydrogens (tertiary/aromatic N) is 3. The minimum Gasteiger partial charge on any atom is -0.462 e. The van der Waals surface area contributed by atoms with Gasteiger partial charge in [0.05, 0.1) is 31.5 Å². The zero-order chi connectivity index (χ0) is 46.8. The fourth-order valence-corrected chi connectivity index (χ4v) is 10.5. The normalized spacial score (nSPS) is 26.3. The van der Waals surface area contributed by atoms with Gasteiger partial charge in [-0.3, -0.25) is 19.5 Å². The Morgan fingerprint density at radius 1 is 0.467 bits per heavy atom.